The molecule has 0 unspecified atom stereocenters. The number of carboxylic acids is 1. The Morgan fingerprint density at radius 3 is 2.29 bits per heavy atom. The number of hydrogen-bond acceptors (Lipinski definition) is 3. The van der Waals surface area contributed by atoms with Crippen molar-refractivity contribution in [3.63, 3.8) is 0 Å². The van der Waals surface area contributed by atoms with Crippen LogP contribution in [0.1, 0.15) is 26.3 Å². The summed E-state index contributed by atoms with van der Waals surface area (Å²) in [7, 11) is 0. The Morgan fingerprint density at radius 1 is 0.875 bits per heavy atom. The van der Waals surface area contributed by atoms with E-state index in [-0.39, 0.29) is 17.7 Å². The van der Waals surface area contributed by atoms with Gasteiger partial charge in [-0.25, -0.2) is 10.3 Å². The maximum atomic E-state index is 12.1. The monoisotopic (exact) mass is 321 g/mol. The van der Waals surface area contributed by atoms with Crippen LogP contribution in [0.25, 0.3) is 10.8 Å². The highest BCUT2D eigenvalue weighted by atomic mass is 16.6. The number of hydroxylamine groups is 1. The molecule has 0 fully saturated rings. The third kappa shape index (κ3) is 3.42. The summed E-state index contributed by atoms with van der Waals surface area (Å²) >= 11 is 0. The molecule has 0 aliphatic carbocycles. The van der Waals surface area contributed by atoms with Crippen molar-refractivity contribution in [2.24, 2.45) is 0 Å². The van der Waals surface area contributed by atoms with E-state index >= 15 is 0 Å². The number of carboxylic acid groups (broad SMARTS) is 1. The number of carbonyl (C=O) groups excluding carboxylic acids is 1. The minimum atomic E-state index is -1.16. The summed E-state index contributed by atoms with van der Waals surface area (Å²) in [6.45, 7) is 0.186. The Morgan fingerprint density at radius 2 is 1.54 bits per heavy atom. The molecule has 24 heavy (non-hydrogen) atoms. The summed E-state index contributed by atoms with van der Waals surface area (Å²) in [5, 5.41) is 11.3. The van der Waals surface area contributed by atoms with Gasteiger partial charge in [0.1, 0.15) is 0 Å². The lowest BCUT2D eigenvalue weighted by Crippen LogP contribution is -2.25. The highest BCUT2D eigenvalue weighted by molar-refractivity contribution is 6.04. The molecule has 3 rings (SSSR count). The van der Waals surface area contributed by atoms with Crippen molar-refractivity contribution in [2.75, 3.05) is 0 Å². The molecule has 0 aromatic heterocycles. The van der Waals surface area contributed by atoms with Gasteiger partial charge >= 0.3 is 5.97 Å². The van der Waals surface area contributed by atoms with Gasteiger partial charge in [0, 0.05) is 0 Å². The van der Waals surface area contributed by atoms with Gasteiger partial charge in [0.25, 0.3) is 5.91 Å². The van der Waals surface area contributed by atoms with Crippen molar-refractivity contribution in [2.45, 2.75) is 6.61 Å². The van der Waals surface area contributed by atoms with Gasteiger partial charge in [0.05, 0.1) is 17.7 Å². The van der Waals surface area contributed by atoms with E-state index in [0.717, 1.165) is 16.3 Å². The number of carbonyl (C=O) groups is 2. The number of hydrogen-bond donors (Lipinski definition) is 2. The first-order valence-electron chi connectivity index (χ1n) is 7.37. The summed E-state index contributed by atoms with van der Waals surface area (Å²) in [5.41, 5.74) is 3.19. The molecule has 0 aliphatic heterocycles. The zero-order valence-corrected chi connectivity index (χ0v) is 12.7. The molecule has 0 saturated heterocycles. The van der Waals surface area contributed by atoms with Crippen molar-refractivity contribution in [1.29, 1.82) is 0 Å². The van der Waals surface area contributed by atoms with E-state index in [1.165, 1.54) is 12.1 Å². The van der Waals surface area contributed by atoms with Gasteiger partial charge in [-0.1, -0.05) is 48.5 Å². The van der Waals surface area contributed by atoms with E-state index in [1.54, 1.807) is 12.1 Å². The summed E-state index contributed by atoms with van der Waals surface area (Å²) in [6.07, 6.45) is 0. The van der Waals surface area contributed by atoms with Gasteiger partial charge in [-0.05, 0) is 34.5 Å². The van der Waals surface area contributed by atoms with Crippen LogP contribution < -0.4 is 5.48 Å². The molecule has 0 radical (unpaired) electrons. The van der Waals surface area contributed by atoms with Gasteiger partial charge < -0.3 is 5.11 Å². The zero-order valence-electron chi connectivity index (χ0n) is 12.7. The third-order valence-electron chi connectivity index (χ3n) is 3.62. The van der Waals surface area contributed by atoms with Crippen LogP contribution in [0.3, 0.4) is 0 Å². The van der Waals surface area contributed by atoms with Crippen LogP contribution >= 0.6 is 0 Å². The molecule has 3 aromatic rings. The van der Waals surface area contributed by atoms with Crippen LogP contribution in [-0.4, -0.2) is 17.0 Å². The number of rotatable bonds is 5. The molecule has 5 heteroatoms. The normalized spacial score (nSPS) is 10.5. The van der Waals surface area contributed by atoms with E-state index in [4.69, 9.17) is 9.94 Å². The Bertz CT molecular complexity index is 905. The number of aromatic carboxylic acids is 1. The first-order chi connectivity index (χ1) is 11.6. The lowest BCUT2D eigenvalue weighted by Gasteiger charge is -2.08. The average molecular weight is 321 g/mol. The molecular formula is C19H15NO4. The number of amides is 1. The molecule has 0 aliphatic rings. The minimum absolute atomic E-state index is 0.0588. The number of benzene rings is 3. The van der Waals surface area contributed by atoms with Crippen LogP contribution in [0.15, 0.2) is 66.7 Å². The third-order valence-corrected chi connectivity index (χ3v) is 3.62. The second kappa shape index (κ2) is 6.93. The summed E-state index contributed by atoms with van der Waals surface area (Å²) in [6, 6.07) is 19.8. The van der Waals surface area contributed by atoms with E-state index in [0.29, 0.717) is 0 Å². The maximum absolute atomic E-state index is 12.1. The van der Waals surface area contributed by atoms with E-state index in [1.807, 2.05) is 42.5 Å². The Kier molecular flexibility index (Phi) is 4.54. The van der Waals surface area contributed by atoms with Gasteiger partial charge in [-0.2, -0.15) is 0 Å². The van der Waals surface area contributed by atoms with Gasteiger partial charge in [0.15, 0.2) is 0 Å². The molecule has 0 heterocycles. The highest BCUT2D eigenvalue weighted by Crippen LogP contribution is 2.16. The van der Waals surface area contributed by atoms with Crippen molar-refractivity contribution in [3.05, 3.63) is 83.4 Å². The van der Waals surface area contributed by atoms with Crippen LogP contribution in [0, 0.1) is 0 Å². The molecular weight excluding hydrogens is 306 g/mol. The SMILES string of the molecule is O=C(O)c1ccccc1C(=O)NOCc1ccc2ccccc2c1. The zero-order chi connectivity index (χ0) is 16.9. The van der Waals surface area contributed by atoms with Crippen molar-refractivity contribution in [1.82, 2.24) is 5.48 Å². The molecule has 120 valence electrons. The Balaban J connectivity index is 1.65. The fraction of sp³-hybridized carbons (Fsp3) is 0.0526. The van der Waals surface area contributed by atoms with Crippen molar-refractivity contribution < 1.29 is 19.5 Å². The lowest BCUT2D eigenvalue weighted by atomic mass is 10.1. The summed E-state index contributed by atoms with van der Waals surface area (Å²) in [5.74, 6) is -1.75. The van der Waals surface area contributed by atoms with Crippen LogP contribution in [0.4, 0.5) is 0 Å². The van der Waals surface area contributed by atoms with Crippen LogP contribution in [0.5, 0.6) is 0 Å². The minimum Gasteiger partial charge on any atom is -0.478 e. The standard InChI is InChI=1S/C19H15NO4/c21-18(16-7-3-4-8-17(16)19(22)23)20-24-12-13-9-10-14-5-1-2-6-15(14)11-13/h1-11H,12H2,(H,20,21)(H,22,23). The average Bonchev–Trinajstić information content (AvgIpc) is 2.61. The largest absolute Gasteiger partial charge is 0.478 e. The van der Waals surface area contributed by atoms with Gasteiger partial charge in [-0.15, -0.1) is 0 Å². The first kappa shape index (κ1) is 15.7. The smallest absolute Gasteiger partial charge is 0.336 e. The second-order valence-corrected chi connectivity index (χ2v) is 5.25. The van der Waals surface area contributed by atoms with Crippen LogP contribution in [-0.2, 0) is 11.4 Å². The van der Waals surface area contributed by atoms with Crippen LogP contribution in [0.2, 0.25) is 0 Å². The highest BCUT2D eigenvalue weighted by Gasteiger charge is 2.15. The van der Waals surface area contributed by atoms with Crippen molar-refractivity contribution >= 4 is 22.6 Å². The first-order valence-corrected chi connectivity index (χ1v) is 7.37. The quantitative estimate of drug-likeness (QED) is 0.706. The van der Waals surface area contributed by atoms with Gasteiger partial charge in [-0.3, -0.25) is 9.63 Å². The Hall–Kier alpha value is -3.18. The predicted molar refractivity (Wildman–Crippen MR) is 89.6 cm³/mol. The number of nitrogens with one attached hydrogen (secondary N) is 1. The van der Waals surface area contributed by atoms with Crippen molar-refractivity contribution in [3.8, 4) is 0 Å². The molecule has 0 spiro atoms. The van der Waals surface area contributed by atoms with E-state index in [2.05, 4.69) is 5.48 Å². The lowest BCUT2D eigenvalue weighted by molar-refractivity contribution is 0.0231. The molecule has 0 saturated carbocycles. The molecule has 5 nitrogen and oxygen atoms in total. The molecule has 0 bridgehead atoms. The molecule has 0 atom stereocenters. The van der Waals surface area contributed by atoms with E-state index in [9.17, 15) is 9.59 Å². The summed E-state index contributed by atoms with van der Waals surface area (Å²) in [4.78, 5) is 28.4. The summed E-state index contributed by atoms with van der Waals surface area (Å²) < 4.78 is 0. The maximum Gasteiger partial charge on any atom is 0.336 e. The fourth-order valence-corrected chi connectivity index (χ4v) is 2.44. The topological polar surface area (TPSA) is 75.6 Å². The second-order valence-electron chi connectivity index (χ2n) is 5.25. The molecule has 2 N–H and O–H groups in total. The predicted octanol–water partition coefficient (Wildman–Crippen LogP) is 3.40. The van der Waals surface area contributed by atoms with Gasteiger partial charge in [0.2, 0.25) is 0 Å². The molecule has 3 aromatic carbocycles. The fourth-order valence-electron chi connectivity index (χ4n) is 2.44. The molecule has 1 amide bonds. The number of fused-ring (bicyclic) bond motifs is 1. The Labute approximate surface area is 138 Å². The van der Waals surface area contributed by atoms with E-state index < -0.39 is 11.9 Å².